The van der Waals surface area contributed by atoms with Crippen LogP contribution in [0.25, 0.3) is 22.3 Å². The maximum Gasteiger partial charge on any atom is 0.258 e. The Morgan fingerprint density at radius 2 is 1.84 bits per heavy atom. The van der Waals surface area contributed by atoms with Crippen LogP contribution in [0, 0.1) is 6.92 Å². The summed E-state index contributed by atoms with van der Waals surface area (Å²) in [7, 11) is 3.07. The Morgan fingerprint density at radius 3 is 2.52 bits per heavy atom. The zero-order valence-electron chi connectivity index (χ0n) is 18.4. The van der Waals surface area contributed by atoms with Crippen molar-refractivity contribution in [2.45, 2.75) is 33.2 Å². The van der Waals surface area contributed by atoms with Crippen molar-refractivity contribution >= 4 is 16.9 Å². The highest BCUT2D eigenvalue weighted by Gasteiger charge is 2.20. The lowest BCUT2D eigenvalue weighted by Gasteiger charge is -2.15. The Kier molecular flexibility index (Phi) is 6.84. The molecule has 1 heterocycles. The molecule has 164 valence electrons. The van der Waals surface area contributed by atoms with E-state index in [1.807, 2.05) is 26.8 Å². The van der Waals surface area contributed by atoms with Crippen molar-refractivity contribution < 1.29 is 23.4 Å². The highest BCUT2D eigenvalue weighted by atomic mass is 16.5. The summed E-state index contributed by atoms with van der Waals surface area (Å²) in [5.74, 6) is 0.910. The fourth-order valence-electron chi connectivity index (χ4n) is 3.14. The van der Waals surface area contributed by atoms with E-state index in [1.165, 1.54) is 7.11 Å². The van der Waals surface area contributed by atoms with Crippen molar-refractivity contribution in [2.24, 2.45) is 0 Å². The minimum Gasteiger partial charge on any atom is -0.493 e. The van der Waals surface area contributed by atoms with E-state index in [1.54, 1.807) is 37.4 Å². The van der Waals surface area contributed by atoms with E-state index in [4.69, 9.17) is 18.6 Å². The number of rotatable bonds is 8. The number of benzene rings is 2. The molecule has 0 bridgehead atoms. The van der Waals surface area contributed by atoms with Crippen LogP contribution in [0.15, 0.2) is 45.6 Å². The molecule has 0 spiro atoms. The molecule has 31 heavy (non-hydrogen) atoms. The molecule has 0 saturated heterocycles. The molecule has 1 N–H and O–H groups in total. The zero-order valence-corrected chi connectivity index (χ0v) is 18.4. The molecule has 1 aromatic heterocycles. The standard InChI is InChI=1S/C24H27NO6/c1-6-15(3)25-21(26)13-30-24-22(27)17-9-7-14(2)11-19(17)31-23(24)16-8-10-18(28-4)20(12-16)29-5/h7-12,15H,6,13H2,1-5H3,(H,25,26)/t15-/m0/s1. The Balaban J connectivity index is 2.11. The minimum absolute atomic E-state index is 0.0115. The van der Waals surface area contributed by atoms with Crippen LogP contribution in [0.5, 0.6) is 17.2 Å². The largest absolute Gasteiger partial charge is 0.493 e. The fourth-order valence-corrected chi connectivity index (χ4v) is 3.14. The number of fused-ring (bicyclic) bond motifs is 1. The molecule has 7 heteroatoms. The van der Waals surface area contributed by atoms with Crippen LogP contribution in [0.3, 0.4) is 0 Å². The second kappa shape index (κ2) is 9.55. The molecule has 1 atom stereocenters. The number of carbonyl (C=O) groups is 1. The second-order valence-electron chi connectivity index (χ2n) is 7.32. The molecule has 0 saturated carbocycles. The number of ether oxygens (including phenoxy) is 3. The summed E-state index contributed by atoms with van der Waals surface area (Å²) in [6.07, 6.45) is 0.792. The van der Waals surface area contributed by atoms with Gasteiger partial charge in [-0.1, -0.05) is 13.0 Å². The molecule has 2 aromatic carbocycles. The van der Waals surface area contributed by atoms with E-state index in [2.05, 4.69) is 5.32 Å². The predicted molar refractivity (Wildman–Crippen MR) is 119 cm³/mol. The first-order valence-electron chi connectivity index (χ1n) is 10.1. The lowest BCUT2D eigenvalue weighted by molar-refractivity contribution is -0.123. The van der Waals surface area contributed by atoms with E-state index in [0.717, 1.165) is 12.0 Å². The molecular formula is C24H27NO6. The van der Waals surface area contributed by atoms with Crippen molar-refractivity contribution in [3.8, 4) is 28.6 Å². The van der Waals surface area contributed by atoms with Crippen molar-refractivity contribution in [2.75, 3.05) is 20.8 Å². The van der Waals surface area contributed by atoms with Crippen LogP contribution in [0.1, 0.15) is 25.8 Å². The summed E-state index contributed by atoms with van der Waals surface area (Å²) in [4.78, 5) is 25.5. The Morgan fingerprint density at radius 1 is 1.10 bits per heavy atom. The van der Waals surface area contributed by atoms with Gasteiger partial charge in [-0.25, -0.2) is 0 Å². The summed E-state index contributed by atoms with van der Waals surface area (Å²) in [6.45, 7) is 5.49. The van der Waals surface area contributed by atoms with Crippen LogP contribution in [-0.4, -0.2) is 32.8 Å². The van der Waals surface area contributed by atoms with Crippen LogP contribution < -0.4 is 25.0 Å². The summed E-state index contributed by atoms with van der Waals surface area (Å²) in [5.41, 5.74) is 1.61. The second-order valence-corrected chi connectivity index (χ2v) is 7.32. The number of aryl methyl sites for hydroxylation is 1. The number of hydrogen-bond donors (Lipinski definition) is 1. The van der Waals surface area contributed by atoms with Gasteiger partial charge >= 0.3 is 0 Å². The molecule has 0 radical (unpaired) electrons. The summed E-state index contributed by atoms with van der Waals surface area (Å²) in [5, 5.41) is 3.20. The normalized spacial score (nSPS) is 11.8. The molecule has 1 amide bonds. The highest BCUT2D eigenvalue weighted by Crippen LogP contribution is 2.36. The van der Waals surface area contributed by atoms with Gasteiger partial charge in [-0.3, -0.25) is 9.59 Å². The molecule has 0 unspecified atom stereocenters. The third kappa shape index (κ3) is 4.82. The van der Waals surface area contributed by atoms with Gasteiger partial charge in [-0.05, 0) is 56.2 Å². The molecule has 7 nitrogen and oxygen atoms in total. The van der Waals surface area contributed by atoms with Gasteiger partial charge < -0.3 is 23.9 Å². The van der Waals surface area contributed by atoms with Gasteiger partial charge in [0.25, 0.3) is 5.91 Å². The average molecular weight is 425 g/mol. The average Bonchev–Trinajstić information content (AvgIpc) is 2.77. The van der Waals surface area contributed by atoms with Gasteiger partial charge in [-0.15, -0.1) is 0 Å². The molecule has 3 aromatic rings. The summed E-state index contributed by atoms with van der Waals surface area (Å²) >= 11 is 0. The van der Waals surface area contributed by atoms with Gasteiger partial charge in [0.2, 0.25) is 11.2 Å². The SMILES string of the molecule is CC[C@H](C)NC(=O)COc1c(-c2ccc(OC)c(OC)c2)oc2cc(C)ccc2c1=O. The zero-order chi connectivity index (χ0) is 22.5. The van der Waals surface area contributed by atoms with E-state index < -0.39 is 0 Å². The van der Waals surface area contributed by atoms with Crippen molar-refractivity contribution in [3.63, 3.8) is 0 Å². The van der Waals surface area contributed by atoms with Gasteiger partial charge in [0.1, 0.15) is 5.58 Å². The van der Waals surface area contributed by atoms with Crippen LogP contribution in [-0.2, 0) is 4.79 Å². The molecule has 0 aliphatic carbocycles. The first kappa shape index (κ1) is 22.2. The molecule has 0 fully saturated rings. The lowest BCUT2D eigenvalue weighted by atomic mass is 10.1. The number of amides is 1. The molecule has 0 aliphatic heterocycles. The van der Waals surface area contributed by atoms with Crippen LogP contribution >= 0.6 is 0 Å². The molecule has 0 aliphatic rings. The molecular weight excluding hydrogens is 398 g/mol. The highest BCUT2D eigenvalue weighted by molar-refractivity contribution is 5.83. The Hall–Kier alpha value is -3.48. The summed E-state index contributed by atoms with van der Waals surface area (Å²) < 4.78 is 22.5. The number of methoxy groups -OCH3 is 2. The maximum absolute atomic E-state index is 13.2. The van der Waals surface area contributed by atoms with Gasteiger partial charge in [0.15, 0.2) is 23.9 Å². The fraction of sp³-hybridized carbons (Fsp3) is 0.333. The summed E-state index contributed by atoms with van der Waals surface area (Å²) in [6, 6.07) is 10.5. The number of nitrogens with one attached hydrogen (secondary N) is 1. The third-order valence-electron chi connectivity index (χ3n) is 5.02. The van der Waals surface area contributed by atoms with Gasteiger partial charge in [-0.2, -0.15) is 0 Å². The Bertz CT molecular complexity index is 1150. The number of hydrogen-bond acceptors (Lipinski definition) is 6. The van der Waals surface area contributed by atoms with Crippen molar-refractivity contribution in [1.82, 2.24) is 5.32 Å². The van der Waals surface area contributed by atoms with Gasteiger partial charge in [0.05, 0.1) is 19.6 Å². The van der Waals surface area contributed by atoms with E-state index in [0.29, 0.717) is 28.0 Å². The quantitative estimate of drug-likeness (QED) is 0.585. The van der Waals surface area contributed by atoms with Crippen molar-refractivity contribution in [1.29, 1.82) is 0 Å². The lowest BCUT2D eigenvalue weighted by Crippen LogP contribution is -2.36. The van der Waals surface area contributed by atoms with E-state index in [-0.39, 0.29) is 35.5 Å². The Labute approximate surface area is 180 Å². The monoisotopic (exact) mass is 425 g/mol. The first-order chi connectivity index (χ1) is 14.9. The molecule has 3 rings (SSSR count). The van der Waals surface area contributed by atoms with Gasteiger partial charge in [0, 0.05) is 11.6 Å². The first-order valence-corrected chi connectivity index (χ1v) is 10.1. The van der Waals surface area contributed by atoms with Crippen LogP contribution in [0.2, 0.25) is 0 Å². The predicted octanol–water partition coefficient (Wildman–Crippen LogP) is 4.08. The topological polar surface area (TPSA) is 87.0 Å². The maximum atomic E-state index is 13.2. The third-order valence-corrected chi connectivity index (χ3v) is 5.02. The minimum atomic E-state index is -0.345. The van der Waals surface area contributed by atoms with E-state index >= 15 is 0 Å². The smallest absolute Gasteiger partial charge is 0.258 e. The van der Waals surface area contributed by atoms with Crippen molar-refractivity contribution in [3.05, 3.63) is 52.2 Å². The number of carbonyl (C=O) groups excluding carboxylic acids is 1. The van der Waals surface area contributed by atoms with Crippen LogP contribution in [0.4, 0.5) is 0 Å². The van der Waals surface area contributed by atoms with E-state index in [9.17, 15) is 9.59 Å².